The van der Waals surface area contributed by atoms with Crippen LogP contribution < -0.4 is 28.2 Å². The maximum Gasteiger partial charge on any atom is 2.00 e. The second kappa shape index (κ2) is 494. The smallest absolute Gasteiger partial charge is 1.00 e. The molecular weight excluding hydrogens is 287 g/mol. The Labute approximate surface area is 78.7 Å². The Kier molecular flexibility index (Phi) is 38000. The fourth-order valence-corrected chi connectivity index (χ4v) is 0. The van der Waals surface area contributed by atoms with Crippen molar-refractivity contribution in [3.8, 4) is 0 Å². The van der Waals surface area contributed by atoms with Crippen molar-refractivity contribution in [1.29, 1.82) is 0 Å². The van der Waals surface area contributed by atoms with Crippen LogP contribution in [0.25, 0.3) is 0 Å². The standard InChI is InChI=1S/Co.6FH.Fe.Ni/h;6*1H;;/q+2;;;;;;;2*+2/p-6. The zero-order valence-corrected chi connectivity index (χ0v) is 6.40. The van der Waals surface area contributed by atoms with Crippen LogP contribution in [-0.2, 0) is 50.3 Å². The molecule has 0 aromatic carbocycles. The van der Waals surface area contributed by atoms with E-state index in [1.54, 1.807) is 0 Å². The van der Waals surface area contributed by atoms with Gasteiger partial charge in [-0.15, -0.1) is 0 Å². The summed E-state index contributed by atoms with van der Waals surface area (Å²) in [4.78, 5) is 0. The average molecular weight is 287 g/mol. The SMILES string of the molecule is [Co+2].[F-].[F-].[F-].[F-].[F-].[F-].[Fe+2].[Ni+2]. The van der Waals surface area contributed by atoms with E-state index in [0.717, 1.165) is 0 Å². The molecule has 0 N–H and O–H groups in total. The van der Waals surface area contributed by atoms with Gasteiger partial charge in [0, 0.05) is 0 Å². The summed E-state index contributed by atoms with van der Waals surface area (Å²) in [5, 5.41) is 0. The molecule has 0 spiro atoms. The second-order valence-electron chi connectivity index (χ2n) is 0. The Balaban J connectivity index is 0. The van der Waals surface area contributed by atoms with Crippen molar-refractivity contribution >= 4 is 0 Å². The van der Waals surface area contributed by atoms with Gasteiger partial charge in [0.15, 0.2) is 0 Å². The van der Waals surface area contributed by atoms with Gasteiger partial charge in [-0.25, -0.2) is 0 Å². The summed E-state index contributed by atoms with van der Waals surface area (Å²) in [6, 6.07) is 0. The molecule has 0 atom stereocenters. The van der Waals surface area contributed by atoms with E-state index in [2.05, 4.69) is 0 Å². The maximum atomic E-state index is 0. The van der Waals surface area contributed by atoms with Crippen molar-refractivity contribution in [3.63, 3.8) is 0 Å². The van der Waals surface area contributed by atoms with E-state index in [1.807, 2.05) is 0 Å². The first-order valence-corrected chi connectivity index (χ1v) is 0. The molecule has 0 unspecified atom stereocenters. The molecule has 0 aromatic heterocycles. The van der Waals surface area contributed by atoms with E-state index in [4.69, 9.17) is 0 Å². The molecule has 0 saturated carbocycles. The van der Waals surface area contributed by atoms with E-state index >= 15 is 0 Å². The summed E-state index contributed by atoms with van der Waals surface area (Å²) in [7, 11) is 0. The number of hydrogen-bond donors (Lipinski definition) is 0. The average Bonchev–Trinajstić information content (AvgIpc) is 0. The van der Waals surface area contributed by atoms with E-state index in [9.17, 15) is 0 Å². The van der Waals surface area contributed by atoms with E-state index < -0.39 is 0 Å². The van der Waals surface area contributed by atoms with Crippen molar-refractivity contribution < 1.29 is 78.6 Å². The molecule has 0 aliphatic carbocycles. The van der Waals surface area contributed by atoms with E-state index in [1.165, 1.54) is 0 Å². The van der Waals surface area contributed by atoms with Gasteiger partial charge in [0.1, 0.15) is 0 Å². The largest absolute Gasteiger partial charge is 2.00 e. The molecule has 0 saturated heterocycles. The zero-order chi connectivity index (χ0) is 0. The summed E-state index contributed by atoms with van der Waals surface area (Å²) in [5.74, 6) is 0. The molecule has 0 heterocycles. The second-order valence-corrected chi connectivity index (χ2v) is 0. The molecule has 0 fully saturated rings. The van der Waals surface area contributed by atoms with Crippen LogP contribution in [0.1, 0.15) is 0 Å². The molecule has 0 rings (SSSR count). The number of halogens is 6. The van der Waals surface area contributed by atoms with Gasteiger partial charge in [0.25, 0.3) is 0 Å². The Bertz CT molecular complexity index is 13.0. The predicted octanol–water partition coefficient (Wildman–Crippen LogP) is -18.0. The predicted molar refractivity (Wildman–Crippen MR) is 0 cm³/mol. The monoisotopic (exact) mass is 287 g/mol. The maximum absolute atomic E-state index is 0. The van der Waals surface area contributed by atoms with Crippen LogP contribution in [0.3, 0.4) is 0 Å². The van der Waals surface area contributed by atoms with Crippen LogP contribution in [0.15, 0.2) is 0 Å². The zero-order valence-electron chi connectivity index (χ0n) is 3.27. The van der Waals surface area contributed by atoms with Crippen molar-refractivity contribution in [1.82, 2.24) is 0 Å². The van der Waals surface area contributed by atoms with Crippen molar-refractivity contribution in [2.45, 2.75) is 0 Å². The minimum atomic E-state index is 0. The van der Waals surface area contributed by atoms with Gasteiger partial charge in [-0.3, -0.25) is 0 Å². The third-order valence-corrected chi connectivity index (χ3v) is 0. The molecule has 69 valence electrons. The third-order valence-electron chi connectivity index (χ3n) is 0. The Morgan fingerprint density at radius 2 is 0.444 bits per heavy atom. The topological polar surface area (TPSA) is 0 Å². The van der Waals surface area contributed by atoms with Gasteiger partial charge >= 0.3 is 50.3 Å². The first-order chi connectivity index (χ1) is 0. The summed E-state index contributed by atoms with van der Waals surface area (Å²) in [6.45, 7) is 0. The molecule has 0 amide bonds. The van der Waals surface area contributed by atoms with Crippen LogP contribution in [0, 0.1) is 0 Å². The van der Waals surface area contributed by atoms with Crippen molar-refractivity contribution in [3.05, 3.63) is 0 Å². The quantitative estimate of drug-likeness (QED) is 0.307. The molecule has 0 aliphatic heterocycles. The minimum Gasteiger partial charge on any atom is -1.00 e. The number of hydrogen-bond acceptors (Lipinski definition) is 0. The molecule has 9 heteroatoms. The van der Waals surface area contributed by atoms with Gasteiger partial charge in [0.2, 0.25) is 0 Å². The molecule has 0 aromatic rings. The summed E-state index contributed by atoms with van der Waals surface area (Å²) < 4.78 is 0. The van der Waals surface area contributed by atoms with Gasteiger partial charge < -0.3 is 28.2 Å². The minimum absolute atomic E-state index is 0. The first-order valence-electron chi connectivity index (χ1n) is 0. The molecule has 0 nitrogen and oxygen atoms in total. The fourth-order valence-electron chi connectivity index (χ4n) is 0. The van der Waals surface area contributed by atoms with E-state index in [-0.39, 0.29) is 78.6 Å². The molecule has 0 aliphatic rings. The normalized spacial score (nSPS) is 0. The van der Waals surface area contributed by atoms with E-state index in [0.29, 0.717) is 0 Å². The molecule has 1 radical (unpaired) electrons. The first kappa shape index (κ1) is 692. The van der Waals surface area contributed by atoms with Crippen LogP contribution in [0.2, 0.25) is 0 Å². The molecular formula is CoF6FeNi. The summed E-state index contributed by atoms with van der Waals surface area (Å²) in [6.07, 6.45) is 0. The van der Waals surface area contributed by atoms with Gasteiger partial charge in [-0.2, -0.15) is 0 Å². The van der Waals surface area contributed by atoms with Crippen molar-refractivity contribution in [2.24, 2.45) is 0 Å². The van der Waals surface area contributed by atoms with Gasteiger partial charge in [-0.05, 0) is 0 Å². The fraction of sp³-hybridized carbons (Fsp3) is 0. The number of rotatable bonds is 0. The van der Waals surface area contributed by atoms with Crippen LogP contribution >= 0.6 is 0 Å². The molecule has 0 bridgehead atoms. The Morgan fingerprint density at radius 3 is 0.444 bits per heavy atom. The van der Waals surface area contributed by atoms with Gasteiger partial charge in [-0.1, -0.05) is 0 Å². The Hall–Kier alpha value is 1.10. The summed E-state index contributed by atoms with van der Waals surface area (Å²) >= 11 is 0. The Morgan fingerprint density at radius 1 is 0.444 bits per heavy atom. The van der Waals surface area contributed by atoms with Crippen LogP contribution in [0.5, 0.6) is 0 Å². The third kappa shape index (κ3) is 379. The summed E-state index contributed by atoms with van der Waals surface area (Å²) in [5.41, 5.74) is 0. The van der Waals surface area contributed by atoms with Crippen molar-refractivity contribution in [2.75, 3.05) is 0 Å². The van der Waals surface area contributed by atoms with Crippen LogP contribution in [-0.4, -0.2) is 0 Å². The van der Waals surface area contributed by atoms with Gasteiger partial charge in [0.05, 0.1) is 0 Å². The van der Waals surface area contributed by atoms with Crippen LogP contribution in [0.4, 0.5) is 0 Å². The molecule has 9 heavy (non-hydrogen) atoms.